The SMILES string of the molecule is CCOC(=O)c1ccc(/C=C(/c2ccc3c(c2)C(C)(C)CC(C)(C)O3)[Si](C)(C)C)cc1. The summed E-state index contributed by atoms with van der Waals surface area (Å²) in [5, 5.41) is 1.39. The third-order valence-electron chi connectivity index (χ3n) is 5.81. The molecule has 0 radical (unpaired) electrons. The molecule has 0 atom stereocenters. The van der Waals surface area contributed by atoms with E-state index in [2.05, 4.69) is 71.6 Å². The molecule has 0 aliphatic carbocycles. The van der Waals surface area contributed by atoms with E-state index in [4.69, 9.17) is 9.47 Å². The first-order valence-corrected chi connectivity index (χ1v) is 14.7. The second-order valence-corrected chi connectivity index (χ2v) is 15.8. The summed E-state index contributed by atoms with van der Waals surface area (Å²) >= 11 is 0. The molecule has 0 spiro atoms. The molecule has 2 aromatic rings. The Kier molecular flexibility index (Phi) is 6.25. The topological polar surface area (TPSA) is 35.5 Å². The predicted octanol–water partition coefficient (Wildman–Crippen LogP) is 7.12. The smallest absolute Gasteiger partial charge is 0.338 e. The summed E-state index contributed by atoms with van der Waals surface area (Å²) in [5.41, 5.74) is 4.13. The van der Waals surface area contributed by atoms with Crippen LogP contribution in [0, 0.1) is 0 Å². The van der Waals surface area contributed by atoms with E-state index in [1.807, 2.05) is 31.2 Å². The lowest BCUT2D eigenvalue weighted by molar-refractivity contribution is 0.0522. The van der Waals surface area contributed by atoms with Gasteiger partial charge in [-0.25, -0.2) is 4.79 Å². The van der Waals surface area contributed by atoms with Crippen LogP contribution in [-0.4, -0.2) is 26.3 Å². The summed E-state index contributed by atoms with van der Waals surface area (Å²) in [6.07, 6.45) is 3.27. The summed E-state index contributed by atoms with van der Waals surface area (Å²) in [6, 6.07) is 14.4. The fourth-order valence-corrected chi connectivity index (χ4v) is 6.26. The van der Waals surface area contributed by atoms with Crippen LogP contribution in [0.5, 0.6) is 5.75 Å². The zero-order chi connectivity index (χ0) is 23.0. The molecule has 3 nitrogen and oxygen atoms in total. The number of hydrogen-bond donors (Lipinski definition) is 0. The van der Waals surface area contributed by atoms with Gasteiger partial charge < -0.3 is 9.47 Å². The van der Waals surface area contributed by atoms with Gasteiger partial charge in [0.1, 0.15) is 11.4 Å². The number of benzene rings is 2. The average molecular weight is 437 g/mol. The highest BCUT2D eigenvalue weighted by molar-refractivity contribution is 6.94. The predicted molar refractivity (Wildman–Crippen MR) is 132 cm³/mol. The fraction of sp³-hybridized carbons (Fsp3) is 0.444. The number of rotatable bonds is 5. The van der Waals surface area contributed by atoms with Gasteiger partial charge >= 0.3 is 5.97 Å². The van der Waals surface area contributed by atoms with E-state index in [9.17, 15) is 4.79 Å². The molecule has 0 bridgehead atoms. The molecule has 3 rings (SSSR count). The minimum absolute atomic E-state index is 0.0545. The highest BCUT2D eigenvalue weighted by Crippen LogP contribution is 2.46. The number of ether oxygens (including phenoxy) is 2. The second kappa shape index (κ2) is 8.31. The summed E-state index contributed by atoms with van der Waals surface area (Å²) < 4.78 is 11.4. The van der Waals surface area contributed by atoms with E-state index < -0.39 is 8.07 Å². The zero-order valence-corrected chi connectivity index (χ0v) is 21.3. The van der Waals surface area contributed by atoms with E-state index in [-0.39, 0.29) is 17.0 Å². The minimum Gasteiger partial charge on any atom is -0.488 e. The molecular weight excluding hydrogens is 400 g/mol. The molecule has 0 amide bonds. The molecule has 0 saturated heterocycles. The molecule has 1 heterocycles. The molecule has 0 saturated carbocycles. The van der Waals surface area contributed by atoms with Crippen molar-refractivity contribution in [1.82, 2.24) is 0 Å². The van der Waals surface area contributed by atoms with Gasteiger partial charge in [0, 0.05) is 5.56 Å². The molecule has 1 aliphatic heterocycles. The molecule has 166 valence electrons. The number of carbonyl (C=O) groups is 1. The van der Waals surface area contributed by atoms with Gasteiger partial charge in [0.2, 0.25) is 0 Å². The van der Waals surface area contributed by atoms with Gasteiger partial charge in [-0.2, -0.15) is 0 Å². The minimum atomic E-state index is -1.65. The number of fused-ring (bicyclic) bond motifs is 1. The maximum atomic E-state index is 12.0. The molecule has 2 aromatic carbocycles. The molecule has 0 fully saturated rings. The first-order valence-electron chi connectivity index (χ1n) is 11.2. The van der Waals surface area contributed by atoms with Crippen molar-refractivity contribution in [1.29, 1.82) is 0 Å². The fourth-order valence-electron chi connectivity index (χ4n) is 4.64. The Balaban J connectivity index is 2.02. The molecule has 31 heavy (non-hydrogen) atoms. The highest BCUT2D eigenvalue weighted by Gasteiger charge is 2.39. The number of carbonyl (C=O) groups excluding carboxylic acids is 1. The van der Waals surface area contributed by atoms with Gasteiger partial charge in [0.15, 0.2) is 0 Å². The van der Waals surface area contributed by atoms with Crippen molar-refractivity contribution in [2.75, 3.05) is 6.61 Å². The summed E-state index contributed by atoms with van der Waals surface area (Å²) in [5.74, 6) is 0.724. The lowest BCUT2D eigenvalue weighted by Gasteiger charge is -2.42. The van der Waals surface area contributed by atoms with E-state index in [1.165, 1.54) is 16.3 Å². The average Bonchev–Trinajstić information content (AvgIpc) is 2.64. The van der Waals surface area contributed by atoms with Crippen molar-refractivity contribution < 1.29 is 14.3 Å². The van der Waals surface area contributed by atoms with Gasteiger partial charge in [-0.05, 0) is 68.0 Å². The van der Waals surface area contributed by atoms with Crippen LogP contribution >= 0.6 is 0 Å². The zero-order valence-electron chi connectivity index (χ0n) is 20.3. The van der Waals surface area contributed by atoms with Crippen LogP contribution in [0.15, 0.2) is 42.5 Å². The van der Waals surface area contributed by atoms with Crippen LogP contribution in [0.3, 0.4) is 0 Å². The molecule has 4 heteroatoms. The molecule has 1 aliphatic rings. The molecular formula is C27H36O3Si. The first-order chi connectivity index (χ1) is 14.3. The molecule has 0 unspecified atom stereocenters. The van der Waals surface area contributed by atoms with Crippen LogP contribution < -0.4 is 4.74 Å². The van der Waals surface area contributed by atoms with Gasteiger partial charge in [0.05, 0.1) is 20.2 Å². The standard InChI is InChI=1S/C27H36O3Si/c1-9-29-25(28)20-12-10-19(11-13-20)16-24(31(6,7)8)21-14-15-23-22(17-21)26(2,3)18-27(4,5)30-23/h10-17H,9,18H2,1-8H3/b24-16-. The Hall–Kier alpha value is -2.33. The van der Waals surface area contributed by atoms with E-state index >= 15 is 0 Å². The van der Waals surface area contributed by atoms with Crippen LogP contribution in [0.4, 0.5) is 0 Å². The van der Waals surface area contributed by atoms with Crippen LogP contribution in [-0.2, 0) is 10.2 Å². The van der Waals surface area contributed by atoms with E-state index in [0.29, 0.717) is 12.2 Å². The Bertz CT molecular complexity index is 992. The van der Waals surface area contributed by atoms with Crippen molar-refractivity contribution >= 4 is 25.3 Å². The van der Waals surface area contributed by atoms with Crippen molar-refractivity contribution in [3.8, 4) is 5.75 Å². The van der Waals surface area contributed by atoms with Crippen molar-refractivity contribution in [2.24, 2.45) is 0 Å². The van der Waals surface area contributed by atoms with Crippen molar-refractivity contribution in [2.45, 2.75) is 71.7 Å². The normalized spacial score (nSPS) is 17.5. The van der Waals surface area contributed by atoms with Crippen molar-refractivity contribution in [3.05, 3.63) is 64.7 Å². The number of esters is 1. The van der Waals surface area contributed by atoms with Gasteiger partial charge in [-0.3, -0.25) is 0 Å². The maximum absolute atomic E-state index is 12.0. The van der Waals surface area contributed by atoms with Gasteiger partial charge in [-0.1, -0.05) is 63.0 Å². The summed E-state index contributed by atoms with van der Waals surface area (Å²) in [4.78, 5) is 12.0. The van der Waals surface area contributed by atoms with Crippen LogP contribution in [0.1, 0.15) is 68.1 Å². The van der Waals surface area contributed by atoms with Crippen molar-refractivity contribution in [3.63, 3.8) is 0 Å². The Morgan fingerprint density at radius 2 is 1.65 bits per heavy atom. The number of hydrogen-bond acceptors (Lipinski definition) is 3. The largest absolute Gasteiger partial charge is 0.488 e. The third kappa shape index (κ3) is 5.30. The lowest BCUT2D eigenvalue weighted by atomic mass is 9.73. The quantitative estimate of drug-likeness (QED) is 0.284. The first kappa shape index (κ1) is 23.3. The Labute approximate surface area is 188 Å². The third-order valence-corrected chi connectivity index (χ3v) is 7.86. The molecule has 0 N–H and O–H groups in total. The highest BCUT2D eigenvalue weighted by atomic mass is 28.3. The molecule has 0 aromatic heterocycles. The monoisotopic (exact) mass is 436 g/mol. The van der Waals surface area contributed by atoms with Gasteiger partial charge in [0.25, 0.3) is 0 Å². The maximum Gasteiger partial charge on any atom is 0.338 e. The second-order valence-electron chi connectivity index (χ2n) is 10.8. The summed E-state index contributed by atoms with van der Waals surface area (Å²) in [7, 11) is -1.65. The Morgan fingerprint density at radius 3 is 2.23 bits per heavy atom. The summed E-state index contributed by atoms with van der Waals surface area (Å²) in [6.45, 7) is 18.3. The lowest BCUT2D eigenvalue weighted by Crippen LogP contribution is -2.41. The Morgan fingerprint density at radius 1 is 1.03 bits per heavy atom. The van der Waals surface area contributed by atoms with Gasteiger partial charge in [-0.15, -0.1) is 0 Å². The van der Waals surface area contributed by atoms with Crippen LogP contribution in [0.25, 0.3) is 11.3 Å². The van der Waals surface area contributed by atoms with Crippen LogP contribution in [0.2, 0.25) is 19.6 Å². The van der Waals surface area contributed by atoms with E-state index in [1.54, 1.807) is 0 Å². The van der Waals surface area contributed by atoms with E-state index in [0.717, 1.165) is 17.7 Å².